The van der Waals surface area contributed by atoms with E-state index in [1.165, 1.54) is 11.3 Å². The number of carboxylic acids is 1. The van der Waals surface area contributed by atoms with Crippen LogP contribution in [0, 0.1) is 0 Å². The average Bonchev–Trinajstić information content (AvgIpc) is 3.36. The highest BCUT2D eigenvalue weighted by atomic mass is 32.1. The van der Waals surface area contributed by atoms with Crippen LogP contribution in [0.2, 0.25) is 0 Å². The second-order valence-corrected chi connectivity index (χ2v) is 9.47. The van der Waals surface area contributed by atoms with Crippen LogP contribution in [0.5, 0.6) is 0 Å². The van der Waals surface area contributed by atoms with Crippen molar-refractivity contribution in [2.45, 2.75) is 39.3 Å². The molecule has 0 atom stereocenters. The van der Waals surface area contributed by atoms with Gasteiger partial charge in [-0.1, -0.05) is 61.5 Å². The molecule has 1 aromatic heterocycles. The van der Waals surface area contributed by atoms with Gasteiger partial charge in [0.1, 0.15) is 5.01 Å². The molecule has 2 N–H and O–H groups in total. The first kappa shape index (κ1) is 24.5. The molecular weight excluding hydrogens is 454 g/mol. The molecule has 0 aliphatic carbocycles. The minimum absolute atomic E-state index is 0.158. The van der Waals surface area contributed by atoms with Crippen molar-refractivity contribution in [3.63, 3.8) is 0 Å². The molecule has 5 nitrogen and oxygen atoms in total. The lowest BCUT2D eigenvalue weighted by Crippen LogP contribution is -2.23. The van der Waals surface area contributed by atoms with Gasteiger partial charge in [0.25, 0.3) is 0 Å². The van der Waals surface area contributed by atoms with Gasteiger partial charge in [0.2, 0.25) is 0 Å². The molecule has 6 heteroatoms. The number of benzene rings is 3. The van der Waals surface area contributed by atoms with E-state index in [2.05, 4.69) is 58.9 Å². The number of rotatable bonds is 12. The van der Waals surface area contributed by atoms with E-state index in [1.54, 1.807) is 11.3 Å². The normalized spacial score (nSPS) is 10.8. The minimum atomic E-state index is -0.767. The number of carboxylic acid groups (broad SMARTS) is 1. The zero-order valence-corrected chi connectivity index (χ0v) is 20.8. The summed E-state index contributed by atoms with van der Waals surface area (Å²) in [5.74, 6) is -0.767. The number of aryl methyl sites for hydroxylation is 1. The van der Waals surface area contributed by atoms with Crippen LogP contribution in [0.4, 0.5) is 11.4 Å². The fourth-order valence-electron chi connectivity index (χ4n) is 3.93. The van der Waals surface area contributed by atoms with Crippen molar-refractivity contribution in [3.8, 4) is 11.3 Å². The SMILES string of the molecule is CCCN(Cc1nc(-c2ccccc2)cs1)c1ccc(CNc2ccc(CCC(=O)O)cc2)cc1. The predicted octanol–water partition coefficient (Wildman–Crippen LogP) is 6.86. The molecule has 0 fully saturated rings. The van der Waals surface area contributed by atoms with Gasteiger partial charge in [-0.15, -0.1) is 11.3 Å². The summed E-state index contributed by atoms with van der Waals surface area (Å²) in [7, 11) is 0. The molecule has 0 saturated heterocycles. The molecule has 0 spiro atoms. The van der Waals surface area contributed by atoms with E-state index in [1.807, 2.05) is 42.5 Å². The fourth-order valence-corrected chi connectivity index (χ4v) is 4.74. The van der Waals surface area contributed by atoms with E-state index in [-0.39, 0.29) is 6.42 Å². The average molecular weight is 486 g/mol. The van der Waals surface area contributed by atoms with Crippen LogP contribution in [-0.4, -0.2) is 22.6 Å². The smallest absolute Gasteiger partial charge is 0.303 e. The highest BCUT2D eigenvalue weighted by molar-refractivity contribution is 7.10. The van der Waals surface area contributed by atoms with Crippen molar-refractivity contribution in [2.24, 2.45) is 0 Å². The van der Waals surface area contributed by atoms with Gasteiger partial charge in [-0.25, -0.2) is 4.98 Å². The van der Waals surface area contributed by atoms with Crippen molar-refractivity contribution < 1.29 is 9.90 Å². The van der Waals surface area contributed by atoms with Gasteiger partial charge in [-0.05, 0) is 48.2 Å². The van der Waals surface area contributed by atoms with Gasteiger partial charge in [0.15, 0.2) is 0 Å². The zero-order valence-electron chi connectivity index (χ0n) is 20.0. The second kappa shape index (κ2) is 12.2. The third-order valence-electron chi connectivity index (χ3n) is 5.82. The van der Waals surface area contributed by atoms with Crippen LogP contribution >= 0.6 is 11.3 Å². The number of aliphatic carboxylic acids is 1. The molecule has 0 saturated carbocycles. The number of nitrogens with one attached hydrogen (secondary N) is 1. The van der Waals surface area contributed by atoms with E-state index in [0.29, 0.717) is 6.42 Å². The monoisotopic (exact) mass is 485 g/mol. The largest absolute Gasteiger partial charge is 0.481 e. The Balaban J connectivity index is 1.34. The number of carbonyl (C=O) groups is 1. The van der Waals surface area contributed by atoms with Crippen molar-refractivity contribution >= 4 is 28.7 Å². The van der Waals surface area contributed by atoms with E-state index >= 15 is 0 Å². The maximum atomic E-state index is 10.7. The quantitative estimate of drug-likeness (QED) is 0.230. The summed E-state index contributed by atoms with van der Waals surface area (Å²) < 4.78 is 0. The Morgan fingerprint density at radius 2 is 1.69 bits per heavy atom. The summed E-state index contributed by atoms with van der Waals surface area (Å²) in [4.78, 5) is 18.0. The number of aromatic nitrogens is 1. The third-order valence-corrected chi connectivity index (χ3v) is 6.65. The number of hydrogen-bond acceptors (Lipinski definition) is 5. The van der Waals surface area contributed by atoms with Crippen LogP contribution in [-0.2, 0) is 24.3 Å². The maximum Gasteiger partial charge on any atom is 0.303 e. The van der Waals surface area contributed by atoms with Gasteiger partial charge >= 0.3 is 5.97 Å². The van der Waals surface area contributed by atoms with Gasteiger partial charge in [0.05, 0.1) is 12.2 Å². The number of hydrogen-bond donors (Lipinski definition) is 2. The Morgan fingerprint density at radius 1 is 0.971 bits per heavy atom. The lowest BCUT2D eigenvalue weighted by Gasteiger charge is -2.23. The highest BCUT2D eigenvalue weighted by Gasteiger charge is 2.11. The third kappa shape index (κ3) is 7.17. The van der Waals surface area contributed by atoms with Gasteiger partial charge in [-0.2, -0.15) is 0 Å². The van der Waals surface area contributed by atoms with E-state index in [0.717, 1.165) is 53.6 Å². The van der Waals surface area contributed by atoms with Crippen molar-refractivity contribution in [1.82, 2.24) is 4.98 Å². The van der Waals surface area contributed by atoms with Crippen LogP contribution in [0.1, 0.15) is 35.9 Å². The fraction of sp³-hybridized carbons (Fsp3) is 0.241. The molecule has 4 aromatic rings. The zero-order chi connectivity index (χ0) is 24.5. The summed E-state index contributed by atoms with van der Waals surface area (Å²) >= 11 is 1.72. The molecule has 1 heterocycles. The molecular formula is C29H31N3O2S. The Labute approximate surface area is 211 Å². The van der Waals surface area contributed by atoms with Crippen LogP contribution in [0.15, 0.2) is 84.2 Å². The predicted molar refractivity (Wildman–Crippen MR) is 145 cm³/mol. The van der Waals surface area contributed by atoms with Crippen molar-refractivity contribution in [2.75, 3.05) is 16.8 Å². The molecule has 35 heavy (non-hydrogen) atoms. The van der Waals surface area contributed by atoms with Gasteiger partial charge < -0.3 is 15.3 Å². The molecule has 180 valence electrons. The first-order valence-corrected chi connectivity index (χ1v) is 12.9. The molecule has 0 aliphatic heterocycles. The summed E-state index contributed by atoms with van der Waals surface area (Å²) in [6.45, 7) is 4.72. The van der Waals surface area contributed by atoms with Crippen molar-refractivity contribution in [1.29, 1.82) is 0 Å². The molecule has 0 unspecified atom stereocenters. The summed E-state index contributed by atoms with van der Waals surface area (Å²) in [5, 5.41) is 15.5. The molecule has 0 bridgehead atoms. The standard InChI is InChI=1S/C29H31N3O2S/c1-2-18-32(20-28-31-27(21-35-28)24-6-4-3-5-7-24)26-15-10-23(11-16-26)19-30-25-13-8-22(9-14-25)12-17-29(33)34/h3-11,13-16,21,30H,2,12,17-20H2,1H3,(H,33,34). The topological polar surface area (TPSA) is 65.5 Å². The van der Waals surface area contributed by atoms with Crippen LogP contribution in [0.3, 0.4) is 0 Å². The Kier molecular flexibility index (Phi) is 8.52. The van der Waals surface area contributed by atoms with Gasteiger partial charge in [-0.3, -0.25) is 4.79 Å². The number of thiazole rings is 1. The van der Waals surface area contributed by atoms with E-state index in [4.69, 9.17) is 10.1 Å². The maximum absolute atomic E-state index is 10.7. The van der Waals surface area contributed by atoms with Crippen molar-refractivity contribution in [3.05, 3.63) is 100 Å². The van der Waals surface area contributed by atoms with Crippen LogP contribution < -0.4 is 10.2 Å². The van der Waals surface area contributed by atoms with E-state index in [9.17, 15) is 4.79 Å². The second-order valence-electron chi connectivity index (χ2n) is 8.52. The minimum Gasteiger partial charge on any atom is -0.481 e. The first-order chi connectivity index (χ1) is 17.1. The summed E-state index contributed by atoms with van der Waals surface area (Å²) in [6.07, 6.45) is 1.79. The Morgan fingerprint density at radius 3 is 2.37 bits per heavy atom. The lowest BCUT2D eigenvalue weighted by atomic mass is 10.1. The first-order valence-electron chi connectivity index (χ1n) is 12.0. The number of anilines is 2. The molecule has 0 aliphatic rings. The molecule has 0 radical (unpaired) electrons. The Hall–Kier alpha value is -3.64. The summed E-state index contributed by atoms with van der Waals surface area (Å²) in [6, 6.07) is 27.0. The lowest BCUT2D eigenvalue weighted by molar-refractivity contribution is -0.136. The molecule has 4 rings (SSSR count). The van der Waals surface area contributed by atoms with E-state index < -0.39 is 5.97 Å². The summed E-state index contributed by atoms with van der Waals surface area (Å²) in [5.41, 5.74) is 6.67. The highest BCUT2D eigenvalue weighted by Crippen LogP contribution is 2.25. The Bertz CT molecular complexity index is 1200. The van der Waals surface area contributed by atoms with Crippen LogP contribution in [0.25, 0.3) is 11.3 Å². The van der Waals surface area contributed by atoms with Gasteiger partial charge in [0, 0.05) is 41.8 Å². The molecule has 0 amide bonds. The number of nitrogens with zero attached hydrogens (tertiary/aromatic N) is 2. The molecule has 3 aromatic carbocycles.